The second kappa shape index (κ2) is 3.54. The molecule has 14 heavy (non-hydrogen) atoms. The zero-order valence-electron chi connectivity index (χ0n) is 8.18. The third-order valence-electron chi connectivity index (χ3n) is 3.08. The van der Waals surface area contributed by atoms with Crippen LogP contribution in [0.4, 0.5) is 0 Å². The van der Waals surface area contributed by atoms with Crippen LogP contribution in [0.1, 0.15) is 43.2 Å². The molecule has 0 atom stereocenters. The first kappa shape index (κ1) is 9.97. The highest BCUT2D eigenvalue weighted by Crippen LogP contribution is 2.41. The maximum Gasteiger partial charge on any atom is 0.205 e. The fourth-order valence-corrected chi connectivity index (χ4v) is 2.49. The van der Waals surface area contributed by atoms with Gasteiger partial charge in [-0.05, 0) is 34.8 Å². The molecule has 1 aromatic rings. The highest BCUT2D eigenvalue weighted by molar-refractivity contribution is 9.10. The van der Waals surface area contributed by atoms with Crippen LogP contribution in [0.15, 0.2) is 21.2 Å². The lowest BCUT2D eigenvalue weighted by Gasteiger charge is -2.19. The Morgan fingerprint density at radius 3 is 2.64 bits per heavy atom. The lowest BCUT2D eigenvalue weighted by atomic mass is 9.83. The molecule has 2 rings (SSSR count). The van der Waals surface area contributed by atoms with Crippen molar-refractivity contribution < 1.29 is 9.21 Å². The van der Waals surface area contributed by atoms with E-state index in [9.17, 15) is 4.79 Å². The van der Waals surface area contributed by atoms with Crippen molar-refractivity contribution in [3.05, 3.63) is 22.6 Å². The fourth-order valence-electron chi connectivity index (χ4n) is 2.11. The molecule has 0 bridgehead atoms. The summed E-state index contributed by atoms with van der Waals surface area (Å²) >= 11 is 3.32. The minimum Gasteiger partial charge on any atom is -0.460 e. The number of Topliss-reactive ketones (excluding diaryl/α,β-unsaturated/α-hetero) is 1. The molecule has 76 valence electrons. The molecule has 1 aliphatic carbocycles. The number of furan rings is 1. The second-order valence-electron chi connectivity index (χ2n) is 4.19. The van der Waals surface area contributed by atoms with Crippen molar-refractivity contribution in [2.45, 2.75) is 32.6 Å². The summed E-state index contributed by atoms with van der Waals surface area (Å²) in [6.07, 6.45) is 5.83. The molecule has 0 radical (unpaired) electrons. The van der Waals surface area contributed by atoms with Gasteiger partial charge < -0.3 is 4.42 Å². The number of rotatable bonds is 2. The molecular formula is C11H13BrO2. The zero-order valence-corrected chi connectivity index (χ0v) is 9.76. The number of hydrogen-bond acceptors (Lipinski definition) is 2. The maximum atomic E-state index is 12.1. The van der Waals surface area contributed by atoms with Crippen molar-refractivity contribution in [2.24, 2.45) is 5.41 Å². The minimum absolute atomic E-state index is 0.145. The molecule has 1 heterocycles. The van der Waals surface area contributed by atoms with Crippen molar-refractivity contribution in [3.8, 4) is 0 Å². The van der Waals surface area contributed by atoms with E-state index in [1.807, 2.05) is 6.92 Å². The van der Waals surface area contributed by atoms with Crippen LogP contribution in [0, 0.1) is 5.41 Å². The third-order valence-corrected chi connectivity index (χ3v) is 3.70. The lowest BCUT2D eigenvalue weighted by molar-refractivity contribution is 0.0792. The summed E-state index contributed by atoms with van der Waals surface area (Å²) in [5, 5.41) is 0. The largest absolute Gasteiger partial charge is 0.460 e. The number of ketones is 1. The fraction of sp³-hybridized carbons (Fsp3) is 0.545. The molecule has 0 unspecified atom stereocenters. The monoisotopic (exact) mass is 256 g/mol. The predicted octanol–water partition coefficient (Wildman–Crippen LogP) is 3.81. The van der Waals surface area contributed by atoms with E-state index in [0.717, 1.165) is 30.2 Å². The standard InChI is InChI=1S/C11H13BrO2/c1-11(5-2-3-6-11)10(13)9-8(12)4-7-14-9/h4,7H,2-3,5-6H2,1H3. The van der Waals surface area contributed by atoms with Crippen molar-refractivity contribution in [2.75, 3.05) is 0 Å². The van der Waals surface area contributed by atoms with Gasteiger partial charge in [-0.2, -0.15) is 0 Å². The normalized spacial score (nSPS) is 19.9. The Bertz CT molecular complexity index is 348. The molecule has 0 spiro atoms. The van der Waals surface area contributed by atoms with Crippen LogP contribution >= 0.6 is 15.9 Å². The van der Waals surface area contributed by atoms with Gasteiger partial charge in [0.2, 0.25) is 5.78 Å². The van der Waals surface area contributed by atoms with Crippen LogP contribution in [0.5, 0.6) is 0 Å². The Kier molecular flexibility index (Phi) is 2.52. The molecule has 1 aromatic heterocycles. The van der Waals surface area contributed by atoms with Crippen LogP contribution in [0.25, 0.3) is 0 Å². The summed E-state index contributed by atoms with van der Waals surface area (Å²) in [5.74, 6) is 0.626. The van der Waals surface area contributed by atoms with Gasteiger partial charge in [-0.3, -0.25) is 4.79 Å². The van der Waals surface area contributed by atoms with Gasteiger partial charge in [0.15, 0.2) is 5.76 Å². The number of carbonyl (C=O) groups is 1. The van der Waals surface area contributed by atoms with E-state index in [2.05, 4.69) is 15.9 Å². The molecule has 0 saturated heterocycles. The van der Waals surface area contributed by atoms with Crippen LogP contribution in [0.3, 0.4) is 0 Å². The summed E-state index contributed by atoms with van der Waals surface area (Å²) in [5.41, 5.74) is -0.194. The van der Waals surface area contributed by atoms with Crippen LogP contribution < -0.4 is 0 Å². The van der Waals surface area contributed by atoms with Gasteiger partial charge in [0.1, 0.15) is 0 Å². The summed E-state index contributed by atoms with van der Waals surface area (Å²) in [4.78, 5) is 12.1. The SMILES string of the molecule is CC1(C(=O)c2occc2Br)CCCC1. The predicted molar refractivity (Wildman–Crippen MR) is 57.3 cm³/mol. The molecule has 0 aliphatic heterocycles. The van der Waals surface area contributed by atoms with E-state index in [4.69, 9.17) is 4.42 Å². The molecule has 1 fully saturated rings. The summed E-state index contributed by atoms with van der Waals surface area (Å²) < 4.78 is 5.98. The highest BCUT2D eigenvalue weighted by Gasteiger charge is 2.38. The highest BCUT2D eigenvalue weighted by atomic mass is 79.9. The average molecular weight is 257 g/mol. The van der Waals surface area contributed by atoms with Gasteiger partial charge in [0.05, 0.1) is 10.7 Å². The van der Waals surface area contributed by atoms with Gasteiger partial charge in [-0.1, -0.05) is 19.8 Å². The van der Waals surface area contributed by atoms with Crippen LogP contribution in [0.2, 0.25) is 0 Å². The molecule has 1 aliphatic rings. The van der Waals surface area contributed by atoms with Gasteiger partial charge in [0, 0.05) is 5.41 Å². The molecule has 0 amide bonds. The maximum absolute atomic E-state index is 12.1. The van der Waals surface area contributed by atoms with Crippen molar-refractivity contribution >= 4 is 21.7 Å². The average Bonchev–Trinajstić information content (AvgIpc) is 2.74. The zero-order chi connectivity index (χ0) is 10.2. The van der Waals surface area contributed by atoms with Crippen molar-refractivity contribution in [3.63, 3.8) is 0 Å². The molecule has 0 N–H and O–H groups in total. The summed E-state index contributed by atoms with van der Waals surface area (Å²) in [6.45, 7) is 2.04. The Labute approximate surface area is 91.8 Å². The van der Waals surface area contributed by atoms with E-state index in [-0.39, 0.29) is 11.2 Å². The lowest BCUT2D eigenvalue weighted by Crippen LogP contribution is -2.24. The molecule has 1 saturated carbocycles. The van der Waals surface area contributed by atoms with Gasteiger partial charge in [-0.15, -0.1) is 0 Å². The summed E-state index contributed by atoms with van der Waals surface area (Å²) in [6, 6.07) is 1.77. The number of hydrogen-bond donors (Lipinski definition) is 0. The first-order valence-corrected chi connectivity index (χ1v) is 5.71. The van der Waals surface area contributed by atoms with Gasteiger partial charge >= 0.3 is 0 Å². The smallest absolute Gasteiger partial charge is 0.205 e. The Morgan fingerprint density at radius 2 is 2.14 bits per heavy atom. The van der Waals surface area contributed by atoms with E-state index in [1.165, 1.54) is 0 Å². The minimum atomic E-state index is -0.194. The Morgan fingerprint density at radius 1 is 1.50 bits per heavy atom. The Hall–Kier alpha value is -0.570. The molecule has 0 aromatic carbocycles. The molecular weight excluding hydrogens is 244 g/mol. The van der Waals surface area contributed by atoms with Crippen LogP contribution in [-0.4, -0.2) is 5.78 Å². The number of halogens is 1. The van der Waals surface area contributed by atoms with E-state index < -0.39 is 0 Å². The quantitative estimate of drug-likeness (QED) is 0.754. The van der Waals surface area contributed by atoms with Crippen molar-refractivity contribution in [1.29, 1.82) is 0 Å². The van der Waals surface area contributed by atoms with E-state index in [1.54, 1.807) is 12.3 Å². The first-order chi connectivity index (χ1) is 6.63. The second-order valence-corrected chi connectivity index (χ2v) is 5.05. The van der Waals surface area contributed by atoms with E-state index >= 15 is 0 Å². The topological polar surface area (TPSA) is 30.2 Å². The summed E-state index contributed by atoms with van der Waals surface area (Å²) in [7, 11) is 0. The van der Waals surface area contributed by atoms with Crippen LogP contribution in [-0.2, 0) is 0 Å². The van der Waals surface area contributed by atoms with E-state index in [0.29, 0.717) is 5.76 Å². The van der Waals surface area contributed by atoms with Crippen molar-refractivity contribution in [1.82, 2.24) is 0 Å². The first-order valence-electron chi connectivity index (χ1n) is 4.91. The number of carbonyl (C=O) groups excluding carboxylic acids is 1. The van der Waals surface area contributed by atoms with Gasteiger partial charge in [-0.25, -0.2) is 0 Å². The molecule has 3 heteroatoms. The van der Waals surface area contributed by atoms with Gasteiger partial charge in [0.25, 0.3) is 0 Å². The molecule has 2 nitrogen and oxygen atoms in total. The third kappa shape index (κ3) is 1.54. The Balaban J connectivity index is 2.28.